The summed E-state index contributed by atoms with van der Waals surface area (Å²) in [4.78, 5) is 4.61. The maximum atomic E-state index is 8.75. The lowest BCUT2D eigenvalue weighted by Gasteiger charge is -2.18. The van der Waals surface area contributed by atoms with Crippen molar-refractivity contribution in [3.05, 3.63) is 17.2 Å². The molecule has 1 unspecified atom stereocenters. The number of hydrogen-bond acceptors (Lipinski definition) is 2. The van der Waals surface area contributed by atoms with E-state index < -0.39 is 0 Å². The lowest BCUT2D eigenvalue weighted by Crippen LogP contribution is -2.13. The van der Waals surface area contributed by atoms with Gasteiger partial charge in [0, 0.05) is 11.7 Å². The molecule has 0 saturated heterocycles. The molecule has 1 aromatic rings. The molecule has 0 amide bonds. The second-order valence-electron chi connectivity index (χ2n) is 4.34. The minimum absolute atomic E-state index is 0.268. The van der Waals surface area contributed by atoms with Gasteiger partial charge in [-0.1, -0.05) is 0 Å². The van der Waals surface area contributed by atoms with E-state index in [1.165, 1.54) is 24.2 Å². The molecule has 0 bridgehead atoms. The smallest absolute Gasteiger partial charge is 0.106 e. The first-order chi connectivity index (χ1) is 7.24. The minimum atomic E-state index is 0.268. The molecule has 1 heterocycles. The van der Waals surface area contributed by atoms with E-state index in [1.54, 1.807) is 0 Å². The average Bonchev–Trinajstić information content (AvgIpc) is 2.54. The average molecular weight is 203 g/mol. The Bertz CT molecular complexity index is 398. The van der Waals surface area contributed by atoms with Crippen molar-refractivity contribution in [1.82, 2.24) is 9.55 Å². The fourth-order valence-corrected chi connectivity index (χ4v) is 2.51. The van der Waals surface area contributed by atoms with Crippen molar-refractivity contribution < 1.29 is 0 Å². The van der Waals surface area contributed by atoms with Crippen LogP contribution in [0.1, 0.15) is 49.4 Å². The highest BCUT2D eigenvalue weighted by molar-refractivity contribution is 5.21. The Kier molecular flexibility index (Phi) is 2.77. The van der Waals surface area contributed by atoms with Gasteiger partial charge in [-0.2, -0.15) is 5.26 Å². The summed E-state index contributed by atoms with van der Waals surface area (Å²) in [5, 5.41) is 8.75. The van der Waals surface area contributed by atoms with Crippen LogP contribution < -0.4 is 0 Å². The molecule has 3 nitrogen and oxygen atoms in total. The molecule has 0 aromatic carbocycles. The Labute approximate surface area is 90.7 Å². The predicted octanol–water partition coefficient (Wildman–Crippen LogP) is 2.55. The highest BCUT2D eigenvalue weighted by atomic mass is 15.1. The summed E-state index contributed by atoms with van der Waals surface area (Å²) in [6.45, 7) is 4.15. The Morgan fingerprint density at radius 1 is 1.47 bits per heavy atom. The lowest BCUT2D eigenvalue weighted by molar-refractivity contribution is 0.510. The van der Waals surface area contributed by atoms with Crippen LogP contribution in [0.3, 0.4) is 0 Å². The van der Waals surface area contributed by atoms with Crippen LogP contribution in [0.4, 0.5) is 0 Å². The topological polar surface area (TPSA) is 41.6 Å². The highest BCUT2D eigenvalue weighted by Crippen LogP contribution is 2.26. The van der Waals surface area contributed by atoms with Crippen molar-refractivity contribution in [2.75, 3.05) is 0 Å². The maximum Gasteiger partial charge on any atom is 0.106 e. The first-order valence-electron chi connectivity index (χ1n) is 5.67. The molecule has 0 aliphatic heterocycles. The van der Waals surface area contributed by atoms with E-state index in [-0.39, 0.29) is 6.04 Å². The predicted molar refractivity (Wildman–Crippen MR) is 58.5 cm³/mol. The normalized spacial score (nSPS) is 16.9. The number of nitriles is 1. The number of aryl methyl sites for hydroxylation is 2. The van der Waals surface area contributed by atoms with Gasteiger partial charge >= 0.3 is 0 Å². The van der Waals surface area contributed by atoms with E-state index in [2.05, 4.69) is 22.5 Å². The van der Waals surface area contributed by atoms with Crippen LogP contribution in [0.15, 0.2) is 0 Å². The summed E-state index contributed by atoms with van der Waals surface area (Å²) in [5.74, 6) is 1.07. The van der Waals surface area contributed by atoms with Crippen molar-refractivity contribution >= 4 is 0 Å². The van der Waals surface area contributed by atoms with E-state index in [0.717, 1.165) is 18.7 Å². The van der Waals surface area contributed by atoms with Crippen LogP contribution in [0.25, 0.3) is 0 Å². The molecule has 1 aliphatic rings. The number of rotatable bonds is 2. The molecule has 1 aliphatic carbocycles. The fourth-order valence-electron chi connectivity index (χ4n) is 2.51. The zero-order chi connectivity index (χ0) is 10.8. The van der Waals surface area contributed by atoms with Gasteiger partial charge in [-0.15, -0.1) is 0 Å². The molecule has 3 heteroatoms. The summed E-state index contributed by atoms with van der Waals surface area (Å²) in [6, 6.07) is 2.51. The Morgan fingerprint density at radius 3 is 2.93 bits per heavy atom. The molecule has 1 aromatic heterocycles. The first kappa shape index (κ1) is 10.2. The minimum Gasteiger partial charge on any atom is -0.328 e. The summed E-state index contributed by atoms with van der Waals surface area (Å²) in [7, 11) is 0. The second-order valence-corrected chi connectivity index (χ2v) is 4.34. The quantitative estimate of drug-likeness (QED) is 0.741. The third-order valence-corrected chi connectivity index (χ3v) is 3.17. The number of hydrogen-bond donors (Lipinski definition) is 0. The van der Waals surface area contributed by atoms with E-state index in [9.17, 15) is 0 Å². The Balaban J connectivity index is 2.38. The summed E-state index contributed by atoms with van der Waals surface area (Å²) in [5.41, 5.74) is 2.64. The molecule has 0 saturated carbocycles. The van der Waals surface area contributed by atoms with Crippen LogP contribution >= 0.6 is 0 Å². The van der Waals surface area contributed by atoms with Crippen LogP contribution in [-0.4, -0.2) is 9.55 Å². The van der Waals surface area contributed by atoms with Crippen molar-refractivity contribution in [3.8, 4) is 6.07 Å². The van der Waals surface area contributed by atoms with Gasteiger partial charge in [0.2, 0.25) is 0 Å². The summed E-state index contributed by atoms with van der Waals surface area (Å²) in [6.07, 6.45) is 5.34. The number of nitrogens with zero attached hydrogens (tertiary/aromatic N) is 3. The molecule has 2 rings (SSSR count). The van der Waals surface area contributed by atoms with Gasteiger partial charge in [0.1, 0.15) is 5.82 Å². The van der Waals surface area contributed by atoms with E-state index in [1.807, 2.05) is 6.92 Å². The van der Waals surface area contributed by atoms with E-state index in [0.29, 0.717) is 6.42 Å². The van der Waals surface area contributed by atoms with Crippen LogP contribution in [0.2, 0.25) is 0 Å². The zero-order valence-electron chi connectivity index (χ0n) is 9.45. The molecule has 1 atom stereocenters. The van der Waals surface area contributed by atoms with Gasteiger partial charge in [-0.05, 0) is 39.5 Å². The van der Waals surface area contributed by atoms with Crippen molar-refractivity contribution in [1.29, 1.82) is 5.26 Å². The molecule has 15 heavy (non-hydrogen) atoms. The van der Waals surface area contributed by atoms with Crippen LogP contribution in [-0.2, 0) is 12.8 Å². The van der Waals surface area contributed by atoms with Gasteiger partial charge in [0.25, 0.3) is 0 Å². The molecular weight excluding hydrogens is 186 g/mol. The van der Waals surface area contributed by atoms with Crippen molar-refractivity contribution in [2.45, 2.75) is 52.0 Å². The zero-order valence-corrected chi connectivity index (χ0v) is 9.45. The molecule has 0 fully saturated rings. The van der Waals surface area contributed by atoms with Crippen molar-refractivity contribution in [3.63, 3.8) is 0 Å². The van der Waals surface area contributed by atoms with Gasteiger partial charge in [0.15, 0.2) is 0 Å². The number of fused-ring (bicyclic) bond motifs is 1. The van der Waals surface area contributed by atoms with Gasteiger partial charge in [-0.25, -0.2) is 4.98 Å². The Morgan fingerprint density at radius 2 is 2.20 bits per heavy atom. The van der Waals surface area contributed by atoms with E-state index in [4.69, 9.17) is 5.26 Å². The van der Waals surface area contributed by atoms with E-state index >= 15 is 0 Å². The van der Waals surface area contributed by atoms with Gasteiger partial charge in [-0.3, -0.25) is 0 Å². The van der Waals surface area contributed by atoms with Crippen molar-refractivity contribution in [2.24, 2.45) is 0 Å². The van der Waals surface area contributed by atoms with Gasteiger partial charge < -0.3 is 4.57 Å². The molecule has 0 spiro atoms. The van der Waals surface area contributed by atoms with Crippen LogP contribution in [0, 0.1) is 18.3 Å². The largest absolute Gasteiger partial charge is 0.328 e. The number of imidazole rings is 1. The summed E-state index contributed by atoms with van der Waals surface area (Å²) >= 11 is 0. The fraction of sp³-hybridized carbons (Fsp3) is 0.667. The van der Waals surface area contributed by atoms with Gasteiger partial charge in [0.05, 0.1) is 18.2 Å². The SMILES string of the molecule is Cc1nc2c(n1C(C)CC#N)CCCC2. The third-order valence-electron chi connectivity index (χ3n) is 3.17. The summed E-state index contributed by atoms with van der Waals surface area (Å²) < 4.78 is 2.26. The maximum absolute atomic E-state index is 8.75. The molecule has 0 N–H and O–H groups in total. The monoisotopic (exact) mass is 203 g/mol. The molecule has 80 valence electrons. The standard InChI is InChI=1S/C12H17N3/c1-9(7-8-13)15-10(2)14-11-5-3-4-6-12(11)15/h9H,3-7H2,1-2H3. The Hall–Kier alpha value is -1.30. The lowest BCUT2D eigenvalue weighted by atomic mass is 10.0. The first-order valence-corrected chi connectivity index (χ1v) is 5.67. The second kappa shape index (κ2) is 4.06. The third kappa shape index (κ3) is 1.77. The highest BCUT2D eigenvalue weighted by Gasteiger charge is 2.20. The molecule has 0 radical (unpaired) electrons. The molecular formula is C12H17N3. The van der Waals surface area contributed by atoms with Crippen LogP contribution in [0.5, 0.6) is 0 Å². The number of aromatic nitrogens is 2.